The molecule has 1 aliphatic rings. The van der Waals surface area contributed by atoms with E-state index in [1.807, 2.05) is 65.4 Å². The second-order valence-electron chi connectivity index (χ2n) is 7.43. The van der Waals surface area contributed by atoms with Gasteiger partial charge in [-0.2, -0.15) is 0 Å². The summed E-state index contributed by atoms with van der Waals surface area (Å²) < 4.78 is 13.5. The second-order valence-corrected chi connectivity index (χ2v) is 7.43. The molecule has 5 heteroatoms. The van der Waals surface area contributed by atoms with Crippen LogP contribution in [0.3, 0.4) is 0 Å². The summed E-state index contributed by atoms with van der Waals surface area (Å²) in [5, 5.41) is 0. The molecular formula is C24H24FN3O. The van der Waals surface area contributed by atoms with Crippen molar-refractivity contribution in [3.63, 3.8) is 0 Å². The van der Waals surface area contributed by atoms with Gasteiger partial charge in [0.2, 0.25) is 0 Å². The zero-order valence-corrected chi connectivity index (χ0v) is 16.5. The summed E-state index contributed by atoms with van der Waals surface area (Å²) in [5.41, 5.74) is 2.54. The lowest BCUT2D eigenvalue weighted by atomic mass is 10.0. The number of para-hydroxylation sites is 1. The highest BCUT2D eigenvalue weighted by atomic mass is 19.1. The maximum atomic E-state index is 13.5. The van der Waals surface area contributed by atoms with Crippen LogP contribution < -0.4 is 4.90 Å². The van der Waals surface area contributed by atoms with E-state index in [2.05, 4.69) is 4.98 Å². The number of carbonyl (C=O) groups excluding carboxylic acids is 1. The number of amides is 1. The molecule has 0 spiro atoms. The van der Waals surface area contributed by atoms with Crippen LogP contribution in [0.2, 0.25) is 0 Å². The van der Waals surface area contributed by atoms with E-state index in [1.165, 1.54) is 6.07 Å². The minimum absolute atomic E-state index is 0.00897. The second kappa shape index (κ2) is 8.43. The number of anilines is 2. The van der Waals surface area contributed by atoms with Gasteiger partial charge in [0, 0.05) is 31.5 Å². The van der Waals surface area contributed by atoms with E-state index in [9.17, 15) is 9.18 Å². The zero-order chi connectivity index (χ0) is 20.2. The van der Waals surface area contributed by atoms with E-state index in [1.54, 1.807) is 18.3 Å². The van der Waals surface area contributed by atoms with Crippen LogP contribution in [-0.2, 0) is 6.42 Å². The number of benzene rings is 2. The van der Waals surface area contributed by atoms with Crippen LogP contribution in [0, 0.1) is 5.82 Å². The molecule has 2 heterocycles. The Balaban J connectivity index is 1.47. The Bertz CT molecular complexity index is 975. The maximum Gasteiger partial charge on any atom is 0.255 e. The van der Waals surface area contributed by atoms with Crippen LogP contribution in [0.4, 0.5) is 15.9 Å². The van der Waals surface area contributed by atoms with Gasteiger partial charge in [-0.05, 0) is 61.2 Å². The highest BCUT2D eigenvalue weighted by Crippen LogP contribution is 2.25. The van der Waals surface area contributed by atoms with Gasteiger partial charge in [-0.3, -0.25) is 4.79 Å². The SMILES string of the molecule is CN(c1ccccc1)c1ccc(C(=O)N2CCCC2Cc2cccc(F)c2)cn1. The minimum atomic E-state index is -0.235. The lowest BCUT2D eigenvalue weighted by Crippen LogP contribution is -2.36. The van der Waals surface area contributed by atoms with Crippen molar-refractivity contribution in [2.24, 2.45) is 0 Å². The van der Waals surface area contributed by atoms with Crippen LogP contribution in [0.1, 0.15) is 28.8 Å². The summed E-state index contributed by atoms with van der Waals surface area (Å²) in [6.45, 7) is 0.727. The Morgan fingerprint density at radius 3 is 2.69 bits per heavy atom. The van der Waals surface area contributed by atoms with Gasteiger partial charge in [-0.1, -0.05) is 30.3 Å². The predicted octanol–water partition coefficient (Wildman–Crippen LogP) is 4.84. The van der Waals surface area contributed by atoms with E-state index in [0.29, 0.717) is 12.0 Å². The van der Waals surface area contributed by atoms with Gasteiger partial charge in [-0.15, -0.1) is 0 Å². The van der Waals surface area contributed by atoms with E-state index in [-0.39, 0.29) is 17.8 Å². The number of likely N-dealkylation sites (tertiary alicyclic amines) is 1. The van der Waals surface area contributed by atoms with Crippen molar-refractivity contribution in [2.45, 2.75) is 25.3 Å². The lowest BCUT2D eigenvalue weighted by Gasteiger charge is -2.25. The zero-order valence-electron chi connectivity index (χ0n) is 16.5. The van der Waals surface area contributed by atoms with Crippen molar-refractivity contribution in [2.75, 3.05) is 18.5 Å². The fourth-order valence-corrected chi connectivity index (χ4v) is 3.91. The molecule has 4 nitrogen and oxygen atoms in total. The Morgan fingerprint density at radius 2 is 1.97 bits per heavy atom. The first kappa shape index (κ1) is 19.1. The van der Waals surface area contributed by atoms with Gasteiger partial charge in [0.1, 0.15) is 11.6 Å². The molecule has 1 unspecified atom stereocenters. The number of carbonyl (C=O) groups is 1. The molecule has 0 radical (unpaired) electrons. The lowest BCUT2D eigenvalue weighted by molar-refractivity contribution is 0.0736. The van der Waals surface area contributed by atoms with E-state index in [0.717, 1.165) is 36.5 Å². The quantitative estimate of drug-likeness (QED) is 0.627. The standard InChI is InChI=1S/C24H24FN3O/c1-27(21-9-3-2-4-10-21)23-13-12-19(17-26-23)24(29)28-14-6-11-22(28)16-18-7-5-8-20(25)15-18/h2-5,7-10,12-13,15,17,22H,6,11,14,16H2,1H3. The highest BCUT2D eigenvalue weighted by Gasteiger charge is 2.29. The van der Waals surface area contributed by atoms with Crippen LogP contribution in [0.5, 0.6) is 0 Å². The number of aromatic nitrogens is 1. The van der Waals surface area contributed by atoms with Crippen molar-refractivity contribution in [3.05, 3.63) is 89.9 Å². The Morgan fingerprint density at radius 1 is 1.14 bits per heavy atom. The third kappa shape index (κ3) is 4.29. The maximum absolute atomic E-state index is 13.5. The van der Waals surface area contributed by atoms with Gasteiger partial charge in [-0.25, -0.2) is 9.37 Å². The fourth-order valence-electron chi connectivity index (χ4n) is 3.91. The summed E-state index contributed by atoms with van der Waals surface area (Å²) in [6, 6.07) is 20.4. The third-order valence-corrected chi connectivity index (χ3v) is 5.48. The van der Waals surface area contributed by atoms with Crippen molar-refractivity contribution in [1.82, 2.24) is 9.88 Å². The molecule has 1 aliphatic heterocycles. The van der Waals surface area contributed by atoms with Crippen molar-refractivity contribution < 1.29 is 9.18 Å². The molecule has 0 N–H and O–H groups in total. The minimum Gasteiger partial charge on any atom is -0.335 e. The van der Waals surface area contributed by atoms with E-state index < -0.39 is 0 Å². The number of hydrogen-bond acceptors (Lipinski definition) is 3. The fraction of sp³-hybridized carbons (Fsp3) is 0.250. The highest BCUT2D eigenvalue weighted by molar-refractivity contribution is 5.94. The summed E-state index contributed by atoms with van der Waals surface area (Å²) in [7, 11) is 1.95. The van der Waals surface area contributed by atoms with Crippen molar-refractivity contribution >= 4 is 17.4 Å². The first-order valence-electron chi connectivity index (χ1n) is 9.92. The summed E-state index contributed by atoms with van der Waals surface area (Å²) in [5.74, 6) is 0.538. The van der Waals surface area contributed by atoms with Crippen LogP contribution in [0.15, 0.2) is 72.9 Å². The Labute approximate surface area is 170 Å². The predicted molar refractivity (Wildman–Crippen MR) is 113 cm³/mol. The number of nitrogens with zero attached hydrogens (tertiary/aromatic N) is 3. The molecule has 1 fully saturated rings. The molecule has 1 saturated heterocycles. The summed E-state index contributed by atoms with van der Waals surface area (Å²) in [6.07, 6.45) is 4.22. The molecule has 2 aromatic carbocycles. The number of halogens is 1. The normalized spacial score (nSPS) is 16.1. The Hall–Kier alpha value is -3.21. The largest absolute Gasteiger partial charge is 0.335 e. The molecule has 29 heavy (non-hydrogen) atoms. The number of pyridine rings is 1. The molecule has 0 bridgehead atoms. The summed E-state index contributed by atoms with van der Waals surface area (Å²) >= 11 is 0. The molecule has 1 amide bonds. The van der Waals surface area contributed by atoms with E-state index in [4.69, 9.17) is 0 Å². The molecule has 1 aromatic heterocycles. The topological polar surface area (TPSA) is 36.4 Å². The van der Waals surface area contributed by atoms with Crippen molar-refractivity contribution in [1.29, 1.82) is 0 Å². The molecule has 3 aromatic rings. The molecule has 1 atom stereocenters. The first-order valence-corrected chi connectivity index (χ1v) is 9.92. The molecular weight excluding hydrogens is 365 g/mol. The van der Waals surface area contributed by atoms with Gasteiger partial charge in [0.05, 0.1) is 5.56 Å². The van der Waals surface area contributed by atoms with Crippen LogP contribution in [0.25, 0.3) is 0 Å². The smallest absolute Gasteiger partial charge is 0.255 e. The van der Waals surface area contributed by atoms with Crippen LogP contribution in [-0.4, -0.2) is 35.4 Å². The monoisotopic (exact) mass is 389 g/mol. The molecule has 0 saturated carbocycles. The van der Waals surface area contributed by atoms with Crippen LogP contribution >= 0.6 is 0 Å². The van der Waals surface area contributed by atoms with Gasteiger partial charge < -0.3 is 9.80 Å². The van der Waals surface area contributed by atoms with Gasteiger partial charge in [0.25, 0.3) is 5.91 Å². The van der Waals surface area contributed by atoms with E-state index >= 15 is 0 Å². The third-order valence-electron chi connectivity index (χ3n) is 5.48. The molecule has 4 rings (SSSR count). The average Bonchev–Trinajstić information content (AvgIpc) is 3.21. The van der Waals surface area contributed by atoms with Crippen molar-refractivity contribution in [3.8, 4) is 0 Å². The number of rotatable bonds is 5. The van der Waals surface area contributed by atoms with Gasteiger partial charge >= 0.3 is 0 Å². The number of hydrogen-bond donors (Lipinski definition) is 0. The summed E-state index contributed by atoms with van der Waals surface area (Å²) in [4.78, 5) is 21.4. The average molecular weight is 389 g/mol. The Kier molecular flexibility index (Phi) is 5.56. The van der Waals surface area contributed by atoms with Gasteiger partial charge in [0.15, 0.2) is 0 Å². The molecule has 0 aliphatic carbocycles. The first-order chi connectivity index (χ1) is 14.1. The molecule has 148 valence electrons.